The first-order valence-corrected chi connectivity index (χ1v) is 11.0. The summed E-state index contributed by atoms with van der Waals surface area (Å²) in [7, 11) is 0. The molecule has 2 nitrogen and oxygen atoms in total. The van der Waals surface area contributed by atoms with Crippen LogP contribution < -0.4 is 0 Å². The molecule has 0 saturated carbocycles. The number of fused-ring (bicyclic) bond motifs is 7. The van der Waals surface area contributed by atoms with Gasteiger partial charge < -0.3 is 9.13 Å². The molecule has 2 aromatic heterocycles. The number of rotatable bonds is 2. The van der Waals surface area contributed by atoms with E-state index >= 15 is 0 Å². The van der Waals surface area contributed by atoms with Crippen molar-refractivity contribution in [3.05, 3.63) is 121 Å². The van der Waals surface area contributed by atoms with E-state index in [1.165, 1.54) is 55.0 Å². The van der Waals surface area contributed by atoms with Crippen molar-refractivity contribution in [3.8, 4) is 11.4 Å². The Hall–Kier alpha value is -4.30. The van der Waals surface area contributed by atoms with Crippen LogP contribution in [0.1, 0.15) is 0 Å². The molecule has 0 aliphatic heterocycles. The highest BCUT2D eigenvalue weighted by Crippen LogP contribution is 2.41. The van der Waals surface area contributed by atoms with Gasteiger partial charge in [-0.15, -0.1) is 0 Å². The maximum atomic E-state index is 2.42. The van der Waals surface area contributed by atoms with E-state index < -0.39 is 0 Å². The lowest BCUT2D eigenvalue weighted by atomic mass is 10.1. The second kappa shape index (κ2) is 6.60. The largest absolute Gasteiger partial charge is 0.307 e. The van der Waals surface area contributed by atoms with Gasteiger partial charge in [0.1, 0.15) is 0 Å². The molecule has 0 amide bonds. The van der Waals surface area contributed by atoms with Gasteiger partial charge in [0.15, 0.2) is 0 Å². The monoisotopic (exact) mass is 408 g/mol. The number of para-hydroxylation sites is 4. The topological polar surface area (TPSA) is 9.86 Å². The molecular weight excluding hydrogens is 388 g/mol. The molecular formula is C30H20N2. The first kappa shape index (κ1) is 17.4. The van der Waals surface area contributed by atoms with Crippen LogP contribution in [0.25, 0.3) is 55.0 Å². The summed E-state index contributed by atoms with van der Waals surface area (Å²) in [6, 6.07) is 43.4. The Kier molecular flexibility index (Phi) is 3.58. The van der Waals surface area contributed by atoms with Crippen LogP contribution in [0, 0.1) is 0 Å². The molecule has 0 saturated heterocycles. The molecule has 150 valence electrons. The first-order valence-electron chi connectivity index (χ1n) is 11.0. The molecule has 0 aliphatic carbocycles. The van der Waals surface area contributed by atoms with Crippen LogP contribution in [0.5, 0.6) is 0 Å². The molecule has 0 radical (unpaired) electrons. The fourth-order valence-electron chi connectivity index (χ4n) is 5.19. The second-order valence-electron chi connectivity index (χ2n) is 8.23. The van der Waals surface area contributed by atoms with Crippen molar-refractivity contribution in [2.45, 2.75) is 0 Å². The van der Waals surface area contributed by atoms with E-state index in [1.807, 2.05) is 0 Å². The van der Waals surface area contributed by atoms with Crippen molar-refractivity contribution in [3.63, 3.8) is 0 Å². The van der Waals surface area contributed by atoms with Gasteiger partial charge in [-0.2, -0.15) is 0 Å². The number of aromatic nitrogens is 2. The molecule has 0 unspecified atom stereocenters. The SMILES string of the molecule is c1ccc(-n2c3ccccc3c3ccc4c5ccccc5n(-c5ccccc5)c4c32)cc1. The Morgan fingerprint density at radius 2 is 0.688 bits per heavy atom. The lowest BCUT2D eigenvalue weighted by Crippen LogP contribution is -1.98. The summed E-state index contributed by atoms with van der Waals surface area (Å²) in [4.78, 5) is 0. The van der Waals surface area contributed by atoms with Crippen LogP contribution in [-0.2, 0) is 0 Å². The number of benzene rings is 5. The van der Waals surface area contributed by atoms with Gasteiger partial charge in [0.05, 0.1) is 22.1 Å². The van der Waals surface area contributed by atoms with E-state index in [4.69, 9.17) is 0 Å². The molecule has 7 rings (SSSR count). The summed E-state index contributed by atoms with van der Waals surface area (Å²) in [5, 5.41) is 5.10. The number of nitrogens with zero attached hydrogens (tertiary/aromatic N) is 2. The second-order valence-corrected chi connectivity index (χ2v) is 8.23. The molecule has 0 N–H and O–H groups in total. The third-order valence-electron chi connectivity index (χ3n) is 6.50. The van der Waals surface area contributed by atoms with Gasteiger partial charge in [0.25, 0.3) is 0 Å². The number of hydrogen-bond donors (Lipinski definition) is 0. The van der Waals surface area contributed by atoms with E-state index in [-0.39, 0.29) is 0 Å². The van der Waals surface area contributed by atoms with E-state index in [2.05, 4.69) is 130 Å². The van der Waals surface area contributed by atoms with Crippen LogP contribution in [0.2, 0.25) is 0 Å². The summed E-state index contributed by atoms with van der Waals surface area (Å²) in [5.41, 5.74) is 7.30. The fourth-order valence-corrected chi connectivity index (χ4v) is 5.19. The molecule has 0 bridgehead atoms. The Balaban J connectivity index is 1.81. The van der Waals surface area contributed by atoms with Gasteiger partial charge >= 0.3 is 0 Å². The fraction of sp³-hybridized carbons (Fsp3) is 0. The lowest BCUT2D eigenvalue weighted by Gasteiger charge is -2.12. The smallest absolute Gasteiger partial charge is 0.0788 e. The normalized spacial score (nSPS) is 11.8. The van der Waals surface area contributed by atoms with Crippen LogP contribution in [-0.4, -0.2) is 9.13 Å². The van der Waals surface area contributed by atoms with Crippen LogP contribution >= 0.6 is 0 Å². The van der Waals surface area contributed by atoms with E-state index in [9.17, 15) is 0 Å². The minimum atomic E-state index is 1.18. The molecule has 0 aliphatic rings. The average molecular weight is 409 g/mol. The van der Waals surface area contributed by atoms with Crippen LogP contribution in [0.15, 0.2) is 121 Å². The Bertz CT molecular complexity index is 1620. The van der Waals surface area contributed by atoms with Gasteiger partial charge in [-0.25, -0.2) is 0 Å². The highest BCUT2D eigenvalue weighted by Gasteiger charge is 2.20. The zero-order valence-corrected chi connectivity index (χ0v) is 17.4. The Morgan fingerprint density at radius 1 is 0.312 bits per heavy atom. The standard InChI is InChI=1S/C30H20N2/c1-3-11-21(12-4-1)31-27-17-9-7-15-23(27)25-19-20-26-24-16-8-10-18-28(24)32(30(26)29(25)31)22-13-5-2-6-14-22/h1-20H. The van der Waals surface area contributed by atoms with Crippen LogP contribution in [0.3, 0.4) is 0 Å². The molecule has 2 heterocycles. The first-order chi connectivity index (χ1) is 15.9. The Labute approximate surface area is 185 Å². The van der Waals surface area contributed by atoms with Gasteiger partial charge in [0.2, 0.25) is 0 Å². The van der Waals surface area contributed by atoms with E-state index in [0.717, 1.165) is 0 Å². The Morgan fingerprint density at radius 3 is 1.12 bits per heavy atom. The van der Waals surface area contributed by atoms with Gasteiger partial charge in [0, 0.05) is 32.9 Å². The third kappa shape index (κ3) is 2.29. The molecule has 32 heavy (non-hydrogen) atoms. The summed E-state index contributed by atoms with van der Waals surface area (Å²) in [5.74, 6) is 0. The lowest BCUT2D eigenvalue weighted by molar-refractivity contribution is 1.15. The summed E-state index contributed by atoms with van der Waals surface area (Å²) >= 11 is 0. The van der Waals surface area contributed by atoms with E-state index in [1.54, 1.807) is 0 Å². The third-order valence-corrected chi connectivity index (χ3v) is 6.50. The van der Waals surface area contributed by atoms with Gasteiger partial charge in [-0.05, 0) is 36.4 Å². The highest BCUT2D eigenvalue weighted by atomic mass is 15.0. The van der Waals surface area contributed by atoms with Crippen molar-refractivity contribution in [1.82, 2.24) is 9.13 Å². The summed E-state index contributed by atoms with van der Waals surface area (Å²) in [6.07, 6.45) is 0. The maximum absolute atomic E-state index is 2.42. The van der Waals surface area contributed by atoms with Crippen molar-refractivity contribution in [1.29, 1.82) is 0 Å². The molecule has 0 spiro atoms. The van der Waals surface area contributed by atoms with Gasteiger partial charge in [-0.1, -0.05) is 84.9 Å². The van der Waals surface area contributed by atoms with Crippen molar-refractivity contribution >= 4 is 43.6 Å². The average Bonchev–Trinajstić information content (AvgIpc) is 3.38. The molecule has 7 aromatic rings. The minimum absolute atomic E-state index is 1.18. The molecule has 0 fully saturated rings. The minimum Gasteiger partial charge on any atom is -0.307 e. The highest BCUT2D eigenvalue weighted by molar-refractivity contribution is 6.23. The zero-order valence-electron chi connectivity index (χ0n) is 17.4. The summed E-state index contributed by atoms with van der Waals surface area (Å²) < 4.78 is 4.84. The molecule has 5 aromatic carbocycles. The quantitative estimate of drug-likeness (QED) is 0.275. The van der Waals surface area contributed by atoms with Gasteiger partial charge in [-0.3, -0.25) is 0 Å². The van der Waals surface area contributed by atoms with Crippen molar-refractivity contribution < 1.29 is 0 Å². The van der Waals surface area contributed by atoms with Crippen molar-refractivity contribution in [2.75, 3.05) is 0 Å². The predicted octanol–water partition coefficient (Wildman–Crippen LogP) is 7.88. The zero-order chi connectivity index (χ0) is 21.1. The van der Waals surface area contributed by atoms with E-state index in [0.29, 0.717) is 0 Å². The van der Waals surface area contributed by atoms with Crippen LogP contribution in [0.4, 0.5) is 0 Å². The predicted molar refractivity (Wildman–Crippen MR) is 135 cm³/mol. The maximum Gasteiger partial charge on any atom is 0.0788 e. The number of hydrogen-bond acceptors (Lipinski definition) is 0. The summed E-state index contributed by atoms with van der Waals surface area (Å²) in [6.45, 7) is 0. The van der Waals surface area contributed by atoms with Crippen molar-refractivity contribution in [2.24, 2.45) is 0 Å². The molecule has 0 atom stereocenters. The molecule has 2 heteroatoms.